The van der Waals surface area contributed by atoms with E-state index in [1.807, 2.05) is 13.8 Å². The second-order valence-corrected chi connectivity index (χ2v) is 9.66. The zero-order valence-electron chi connectivity index (χ0n) is 17.4. The van der Waals surface area contributed by atoms with Gasteiger partial charge in [-0.3, -0.25) is 9.69 Å². The van der Waals surface area contributed by atoms with Crippen LogP contribution in [0.1, 0.15) is 82.9 Å². The third-order valence-corrected chi connectivity index (χ3v) is 7.29. The Morgan fingerprint density at radius 3 is 2.41 bits per heavy atom. The molecule has 1 aromatic rings. The minimum Gasteiger partial charge on any atom is -0.369 e. The number of rotatable bonds is 2. The van der Waals surface area contributed by atoms with Gasteiger partial charge in [0.25, 0.3) is 5.91 Å². The molecule has 1 aliphatic heterocycles. The van der Waals surface area contributed by atoms with E-state index in [2.05, 4.69) is 39.0 Å². The van der Waals surface area contributed by atoms with Crippen LogP contribution in [0.4, 0.5) is 0 Å². The fourth-order valence-corrected chi connectivity index (χ4v) is 5.65. The molecular formula is C23H33N3O. The maximum Gasteiger partial charge on any atom is 0.262 e. The second-order valence-electron chi connectivity index (χ2n) is 9.66. The van der Waals surface area contributed by atoms with Crippen LogP contribution in [0.5, 0.6) is 0 Å². The minimum absolute atomic E-state index is 0.0255. The first-order valence-electron chi connectivity index (χ1n) is 10.5. The highest BCUT2D eigenvalue weighted by Gasteiger charge is 2.66. The number of carbonyl (C=O) groups is 1. The van der Waals surface area contributed by atoms with E-state index < -0.39 is 5.54 Å². The monoisotopic (exact) mass is 367 g/mol. The van der Waals surface area contributed by atoms with Crippen molar-refractivity contribution in [2.24, 2.45) is 22.1 Å². The van der Waals surface area contributed by atoms with Gasteiger partial charge in [0.15, 0.2) is 11.5 Å². The summed E-state index contributed by atoms with van der Waals surface area (Å²) < 4.78 is 0. The summed E-state index contributed by atoms with van der Waals surface area (Å²) in [7, 11) is 0. The van der Waals surface area contributed by atoms with Gasteiger partial charge in [-0.15, -0.1) is 0 Å². The molecule has 0 radical (unpaired) electrons. The highest BCUT2D eigenvalue weighted by molar-refractivity contribution is 6.08. The van der Waals surface area contributed by atoms with Crippen LogP contribution < -0.4 is 5.73 Å². The van der Waals surface area contributed by atoms with E-state index in [1.165, 1.54) is 11.1 Å². The molecule has 146 valence electrons. The molecular weight excluding hydrogens is 334 g/mol. The first-order chi connectivity index (χ1) is 12.7. The number of amides is 1. The molecule has 2 N–H and O–H groups in total. The van der Waals surface area contributed by atoms with Gasteiger partial charge in [0.1, 0.15) is 0 Å². The van der Waals surface area contributed by atoms with Crippen LogP contribution >= 0.6 is 0 Å². The van der Waals surface area contributed by atoms with Crippen molar-refractivity contribution in [3.63, 3.8) is 0 Å². The number of nitrogens with two attached hydrogens (primary N) is 1. The summed E-state index contributed by atoms with van der Waals surface area (Å²) in [6.07, 6.45) is 5.37. The second kappa shape index (κ2) is 6.08. The van der Waals surface area contributed by atoms with Crippen molar-refractivity contribution >= 4 is 11.9 Å². The van der Waals surface area contributed by atoms with Crippen molar-refractivity contribution in [1.29, 1.82) is 0 Å². The van der Waals surface area contributed by atoms with Crippen LogP contribution in [0.15, 0.2) is 23.2 Å². The van der Waals surface area contributed by atoms with Crippen molar-refractivity contribution in [2.45, 2.75) is 84.2 Å². The Hall–Kier alpha value is -1.84. The van der Waals surface area contributed by atoms with E-state index in [1.54, 1.807) is 4.90 Å². The standard InChI is InChI=1S/C23H33N3O/c1-14(2)17-6-7-18-13-22(10-8-16(5)9-11-22)23(19(18)12-17)20(27)26(15(3)4)21(24)25-23/h6-7,12,14-16H,8-11,13H2,1-5H3,(H2,24,25). The molecule has 1 atom stereocenters. The molecule has 4 heteroatoms. The van der Waals surface area contributed by atoms with E-state index in [9.17, 15) is 4.79 Å². The molecule has 0 saturated heterocycles. The van der Waals surface area contributed by atoms with E-state index >= 15 is 0 Å². The molecule has 4 rings (SSSR count). The van der Waals surface area contributed by atoms with Crippen molar-refractivity contribution in [1.82, 2.24) is 4.90 Å². The lowest BCUT2D eigenvalue weighted by Crippen LogP contribution is -2.53. The van der Waals surface area contributed by atoms with Crippen molar-refractivity contribution < 1.29 is 4.79 Å². The lowest BCUT2D eigenvalue weighted by Gasteiger charge is -2.45. The van der Waals surface area contributed by atoms with Gasteiger partial charge in [-0.2, -0.15) is 0 Å². The highest BCUT2D eigenvalue weighted by Crippen LogP contribution is 2.62. The zero-order valence-corrected chi connectivity index (χ0v) is 17.4. The van der Waals surface area contributed by atoms with Crippen LogP contribution in [-0.2, 0) is 16.8 Å². The quantitative estimate of drug-likeness (QED) is 0.846. The number of hydrogen-bond acceptors (Lipinski definition) is 3. The van der Waals surface area contributed by atoms with Crippen LogP contribution in [-0.4, -0.2) is 22.8 Å². The molecule has 1 saturated carbocycles. The SMILES string of the molecule is CC1CCC2(CC1)Cc1ccc(C(C)C)cc1C21N=C(N)N(C(C)C)C1=O. The molecule has 2 aliphatic carbocycles. The number of aliphatic imine (C=N–C) groups is 1. The summed E-state index contributed by atoms with van der Waals surface area (Å²) >= 11 is 0. The van der Waals surface area contributed by atoms with Crippen LogP contribution in [0.25, 0.3) is 0 Å². The van der Waals surface area contributed by atoms with Crippen LogP contribution in [0.2, 0.25) is 0 Å². The van der Waals surface area contributed by atoms with Gasteiger partial charge in [0, 0.05) is 11.5 Å². The van der Waals surface area contributed by atoms with Crippen LogP contribution in [0.3, 0.4) is 0 Å². The first kappa shape index (κ1) is 18.5. The Labute approximate surface area is 163 Å². The summed E-state index contributed by atoms with van der Waals surface area (Å²) in [6, 6.07) is 6.76. The summed E-state index contributed by atoms with van der Waals surface area (Å²) in [5.74, 6) is 1.65. The molecule has 4 nitrogen and oxygen atoms in total. The first-order valence-corrected chi connectivity index (χ1v) is 10.5. The average Bonchev–Trinajstić information content (AvgIpc) is 3.03. The van der Waals surface area contributed by atoms with Gasteiger partial charge in [-0.05, 0) is 61.6 Å². The summed E-state index contributed by atoms with van der Waals surface area (Å²) in [5, 5.41) is 0. The fraction of sp³-hybridized carbons (Fsp3) is 0.652. The Morgan fingerprint density at radius 1 is 1.19 bits per heavy atom. The predicted molar refractivity (Wildman–Crippen MR) is 110 cm³/mol. The topological polar surface area (TPSA) is 58.7 Å². The van der Waals surface area contributed by atoms with E-state index in [4.69, 9.17) is 10.7 Å². The molecule has 0 bridgehead atoms. The van der Waals surface area contributed by atoms with E-state index in [0.717, 1.165) is 43.6 Å². The fourth-order valence-electron chi connectivity index (χ4n) is 5.65. The molecule has 1 amide bonds. The molecule has 2 spiro atoms. The average molecular weight is 368 g/mol. The van der Waals surface area contributed by atoms with Gasteiger partial charge >= 0.3 is 0 Å². The molecule has 27 heavy (non-hydrogen) atoms. The predicted octanol–water partition coefficient (Wildman–Crippen LogP) is 4.32. The lowest BCUT2D eigenvalue weighted by atomic mass is 9.60. The van der Waals surface area contributed by atoms with Gasteiger partial charge < -0.3 is 5.73 Å². The van der Waals surface area contributed by atoms with Crippen molar-refractivity contribution in [3.8, 4) is 0 Å². The Balaban J connectivity index is 1.93. The van der Waals surface area contributed by atoms with Gasteiger partial charge in [-0.1, -0.05) is 51.8 Å². The smallest absolute Gasteiger partial charge is 0.262 e. The molecule has 1 aromatic carbocycles. The Bertz CT molecular complexity index is 802. The normalized spacial score (nSPS) is 32.9. The third kappa shape index (κ3) is 2.41. The summed E-state index contributed by atoms with van der Waals surface area (Å²) in [6.45, 7) is 10.8. The maximum atomic E-state index is 13.9. The summed E-state index contributed by atoms with van der Waals surface area (Å²) in [5.41, 5.74) is 9.11. The van der Waals surface area contributed by atoms with Crippen LogP contribution in [0, 0.1) is 11.3 Å². The third-order valence-electron chi connectivity index (χ3n) is 7.29. The molecule has 3 aliphatic rings. The van der Waals surface area contributed by atoms with Gasteiger partial charge in [0.2, 0.25) is 0 Å². The molecule has 1 heterocycles. The van der Waals surface area contributed by atoms with E-state index in [0.29, 0.717) is 11.9 Å². The maximum absolute atomic E-state index is 13.9. The molecule has 1 unspecified atom stereocenters. The number of guanidine groups is 1. The zero-order chi connectivity index (χ0) is 19.6. The van der Waals surface area contributed by atoms with Crippen molar-refractivity contribution in [3.05, 3.63) is 34.9 Å². The Morgan fingerprint density at radius 2 is 1.85 bits per heavy atom. The van der Waals surface area contributed by atoms with Crippen molar-refractivity contribution in [2.75, 3.05) is 0 Å². The number of nitrogens with zero attached hydrogens (tertiary/aromatic N) is 2. The number of benzene rings is 1. The largest absolute Gasteiger partial charge is 0.369 e. The van der Waals surface area contributed by atoms with Gasteiger partial charge in [-0.25, -0.2) is 4.99 Å². The van der Waals surface area contributed by atoms with E-state index in [-0.39, 0.29) is 17.4 Å². The highest BCUT2D eigenvalue weighted by atomic mass is 16.2. The van der Waals surface area contributed by atoms with Gasteiger partial charge in [0.05, 0.1) is 0 Å². The molecule has 1 fully saturated rings. The molecule has 0 aromatic heterocycles. The summed E-state index contributed by atoms with van der Waals surface area (Å²) in [4.78, 5) is 20.7. The number of hydrogen-bond donors (Lipinski definition) is 1. The minimum atomic E-state index is -0.818. The Kier molecular flexibility index (Phi) is 4.17. The lowest BCUT2D eigenvalue weighted by molar-refractivity contribution is -0.138. The number of fused-ring (bicyclic) bond motifs is 3. The number of carbonyl (C=O) groups excluding carboxylic acids is 1.